The maximum Gasteiger partial charge on any atom is 0.246 e. The molecule has 40 heavy (non-hydrogen) atoms. The number of benzene rings is 1. The van der Waals surface area contributed by atoms with Gasteiger partial charge in [-0.05, 0) is 55.5 Å². The number of carbonyl (C=O) groups excluding carboxylic acids is 3. The van der Waals surface area contributed by atoms with Crippen molar-refractivity contribution in [2.75, 3.05) is 37.9 Å². The van der Waals surface area contributed by atoms with E-state index in [4.69, 9.17) is 14.3 Å². The van der Waals surface area contributed by atoms with Crippen LogP contribution in [0.15, 0.2) is 36.4 Å². The van der Waals surface area contributed by atoms with Crippen LogP contribution < -0.4 is 16.1 Å². The number of methoxy groups -OCH3 is 1. The number of amides is 3. The molecule has 13 heteroatoms. The van der Waals surface area contributed by atoms with Crippen LogP contribution in [0.4, 0.5) is 5.69 Å². The number of hydrogen-bond acceptors (Lipinski definition) is 9. The summed E-state index contributed by atoms with van der Waals surface area (Å²) in [5.74, 6) is -1.28. The van der Waals surface area contributed by atoms with E-state index in [1.807, 2.05) is 12.1 Å². The minimum absolute atomic E-state index is 0.0164. The average Bonchev–Trinajstić information content (AvgIpc) is 3.44. The van der Waals surface area contributed by atoms with Crippen molar-refractivity contribution in [1.29, 1.82) is 0 Å². The molecule has 2 aliphatic rings. The summed E-state index contributed by atoms with van der Waals surface area (Å²) in [4.78, 5) is 43.6. The lowest BCUT2D eigenvalue weighted by atomic mass is 9.94. The number of carbonyl (C=O) groups is 3. The van der Waals surface area contributed by atoms with Crippen molar-refractivity contribution in [3.05, 3.63) is 41.3 Å². The first-order valence-corrected chi connectivity index (χ1v) is 15.7. The molecule has 0 saturated carbocycles. The maximum atomic E-state index is 13.5. The summed E-state index contributed by atoms with van der Waals surface area (Å²) < 4.78 is 35.9. The number of ether oxygens (including phenoxy) is 2. The number of sulfone groups is 1. The number of nitrogens with one attached hydrogen (secondary N) is 3. The molecule has 0 spiro atoms. The van der Waals surface area contributed by atoms with Gasteiger partial charge in [0.2, 0.25) is 17.7 Å². The van der Waals surface area contributed by atoms with Crippen molar-refractivity contribution in [3.63, 3.8) is 0 Å². The second kappa shape index (κ2) is 13.7. The third kappa shape index (κ3) is 7.46. The standard InChI is InChI=1S/C27H35N3O8S2/c1-36-18-25(33)28-17-24(32)29-20-8-6-7-19(15-20)21-10-11-22(39-21)27(12-3-5-14-40(27,34)35)16-23(31)30-38-26-9-2-4-13-37-26/h6-8,10-11,15,26H,2-5,9,12-14,16-18H2,1H3,(H,28,33)(H,29,32)(H,30,31)/t26?,27-/m0/s1. The quantitative estimate of drug-likeness (QED) is 0.337. The van der Waals surface area contributed by atoms with Gasteiger partial charge in [-0.15, -0.1) is 11.3 Å². The van der Waals surface area contributed by atoms with Gasteiger partial charge in [0, 0.05) is 35.6 Å². The molecule has 4 rings (SSSR count). The number of anilines is 1. The highest BCUT2D eigenvalue weighted by atomic mass is 32.2. The summed E-state index contributed by atoms with van der Waals surface area (Å²) >= 11 is 1.32. The Morgan fingerprint density at radius 1 is 1.07 bits per heavy atom. The molecule has 3 heterocycles. The fourth-order valence-corrected chi connectivity index (χ4v) is 8.68. The Labute approximate surface area is 237 Å². The molecule has 218 valence electrons. The highest BCUT2D eigenvalue weighted by Gasteiger charge is 2.49. The molecular weight excluding hydrogens is 558 g/mol. The molecule has 1 aromatic heterocycles. The third-order valence-electron chi connectivity index (χ3n) is 6.93. The van der Waals surface area contributed by atoms with Gasteiger partial charge in [-0.1, -0.05) is 18.6 Å². The maximum absolute atomic E-state index is 13.5. The summed E-state index contributed by atoms with van der Waals surface area (Å²) in [5.41, 5.74) is 3.73. The SMILES string of the molecule is COCC(=O)NCC(=O)Nc1cccc(-c2ccc([C@@]3(CC(=O)NOC4CCCCO4)CCCCS3(=O)=O)s2)c1. The van der Waals surface area contributed by atoms with Gasteiger partial charge in [-0.3, -0.25) is 14.4 Å². The summed E-state index contributed by atoms with van der Waals surface area (Å²) in [6.07, 6.45) is 3.36. The van der Waals surface area contributed by atoms with Crippen LogP contribution >= 0.6 is 11.3 Å². The van der Waals surface area contributed by atoms with E-state index < -0.39 is 38.6 Å². The second-order valence-corrected chi connectivity index (χ2v) is 13.4. The largest absolute Gasteiger partial charge is 0.375 e. The van der Waals surface area contributed by atoms with Gasteiger partial charge in [-0.2, -0.15) is 0 Å². The summed E-state index contributed by atoms with van der Waals surface area (Å²) in [6.45, 7) is 0.228. The molecule has 3 N–H and O–H groups in total. The van der Waals surface area contributed by atoms with Gasteiger partial charge in [0.1, 0.15) is 11.4 Å². The Morgan fingerprint density at radius 3 is 2.67 bits per heavy atom. The van der Waals surface area contributed by atoms with Gasteiger partial charge >= 0.3 is 0 Å². The number of rotatable bonds is 11. The lowest BCUT2D eigenvalue weighted by molar-refractivity contribution is -0.200. The Bertz CT molecular complexity index is 1310. The van der Waals surface area contributed by atoms with Crippen molar-refractivity contribution in [2.45, 2.75) is 56.0 Å². The van der Waals surface area contributed by atoms with Gasteiger partial charge in [0.25, 0.3) is 0 Å². The van der Waals surface area contributed by atoms with E-state index in [2.05, 4.69) is 16.1 Å². The summed E-state index contributed by atoms with van der Waals surface area (Å²) in [5, 5.41) is 5.21. The molecule has 1 unspecified atom stereocenters. The van der Waals surface area contributed by atoms with Crippen LogP contribution in [0.3, 0.4) is 0 Å². The number of hydroxylamine groups is 1. The van der Waals surface area contributed by atoms with Crippen molar-refractivity contribution in [2.24, 2.45) is 0 Å². The van der Waals surface area contributed by atoms with Crippen molar-refractivity contribution < 1.29 is 37.1 Å². The van der Waals surface area contributed by atoms with Gasteiger partial charge in [0.05, 0.1) is 18.7 Å². The Hall–Kier alpha value is -2.84. The molecule has 0 radical (unpaired) electrons. The normalized spacial score (nSPS) is 22.3. The van der Waals surface area contributed by atoms with Crippen molar-refractivity contribution in [1.82, 2.24) is 10.8 Å². The summed E-state index contributed by atoms with van der Waals surface area (Å²) in [7, 11) is -2.23. The van der Waals surface area contributed by atoms with Crippen LogP contribution in [0.25, 0.3) is 10.4 Å². The van der Waals surface area contributed by atoms with E-state index in [1.165, 1.54) is 18.4 Å². The van der Waals surface area contributed by atoms with Crippen LogP contribution in [0.1, 0.15) is 49.8 Å². The van der Waals surface area contributed by atoms with Crippen LogP contribution in [-0.4, -0.2) is 65.1 Å². The lowest BCUT2D eigenvalue weighted by Crippen LogP contribution is -2.45. The van der Waals surface area contributed by atoms with E-state index in [1.54, 1.807) is 24.3 Å². The molecule has 2 aromatic rings. The number of hydrogen-bond donors (Lipinski definition) is 3. The molecule has 2 fully saturated rings. The highest BCUT2D eigenvalue weighted by Crippen LogP contribution is 2.47. The first kappa shape index (κ1) is 30.1. The lowest BCUT2D eigenvalue weighted by Gasteiger charge is -2.35. The summed E-state index contributed by atoms with van der Waals surface area (Å²) in [6, 6.07) is 10.7. The van der Waals surface area contributed by atoms with Crippen LogP contribution in [0.2, 0.25) is 0 Å². The second-order valence-electron chi connectivity index (χ2n) is 9.89. The molecule has 11 nitrogen and oxygen atoms in total. The zero-order chi connectivity index (χ0) is 28.6. The zero-order valence-corrected chi connectivity index (χ0v) is 24.0. The first-order valence-electron chi connectivity index (χ1n) is 13.3. The van der Waals surface area contributed by atoms with Crippen LogP contribution in [0.5, 0.6) is 0 Å². The van der Waals surface area contributed by atoms with E-state index in [0.29, 0.717) is 42.9 Å². The van der Waals surface area contributed by atoms with Gasteiger partial charge in [-0.25, -0.2) is 18.7 Å². The Balaban J connectivity index is 1.49. The first-order chi connectivity index (χ1) is 19.2. The topological polar surface area (TPSA) is 149 Å². The number of thiophene rings is 1. The molecular formula is C27H35N3O8S2. The molecule has 2 atom stereocenters. The molecule has 2 saturated heterocycles. The zero-order valence-electron chi connectivity index (χ0n) is 22.4. The fourth-order valence-electron chi connectivity index (χ4n) is 4.90. The monoisotopic (exact) mass is 593 g/mol. The van der Waals surface area contributed by atoms with E-state index in [9.17, 15) is 22.8 Å². The third-order valence-corrected chi connectivity index (χ3v) is 11.0. The minimum atomic E-state index is -3.62. The minimum Gasteiger partial charge on any atom is -0.375 e. The predicted molar refractivity (Wildman–Crippen MR) is 150 cm³/mol. The molecule has 2 aliphatic heterocycles. The molecule has 0 bridgehead atoms. The van der Waals surface area contributed by atoms with Crippen molar-refractivity contribution >= 4 is 44.6 Å². The van der Waals surface area contributed by atoms with E-state index in [0.717, 1.165) is 23.3 Å². The van der Waals surface area contributed by atoms with Gasteiger partial charge < -0.3 is 20.1 Å². The molecule has 1 aromatic carbocycles. The Kier molecular flexibility index (Phi) is 10.3. The van der Waals surface area contributed by atoms with E-state index in [-0.39, 0.29) is 25.3 Å². The predicted octanol–water partition coefficient (Wildman–Crippen LogP) is 2.87. The van der Waals surface area contributed by atoms with Crippen molar-refractivity contribution in [3.8, 4) is 10.4 Å². The van der Waals surface area contributed by atoms with Crippen LogP contribution in [0, 0.1) is 0 Å². The Morgan fingerprint density at radius 2 is 1.93 bits per heavy atom. The average molecular weight is 594 g/mol. The van der Waals surface area contributed by atoms with Crippen LogP contribution in [-0.2, 0) is 43.3 Å². The fraction of sp³-hybridized carbons (Fsp3) is 0.519. The van der Waals surface area contributed by atoms with E-state index >= 15 is 0 Å². The van der Waals surface area contributed by atoms with Gasteiger partial charge in [0.15, 0.2) is 16.1 Å². The highest BCUT2D eigenvalue weighted by molar-refractivity contribution is 7.92. The smallest absolute Gasteiger partial charge is 0.246 e. The molecule has 0 aliphatic carbocycles. The molecule has 3 amide bonds.